The first kappa shape index (κ1) is 15.3. The van der Waals surface area contributed by atoms with Crippen LogP contribution in [0.4, 0.5) is 0 Å². The number of hydrogen-bond donors (Lipinski definition) is 2. The van der Waals surface area contributed by atoms with Crippen molar-refractivity contribution < 1.29 is 9.90 Å². The number of fused-ring (bicyclic) bond motifs is 1. The lowest BCUT2D eigenvalue weighted by Crippen LogP contribution is -2.36. The monoisotopic (exact) mass is 286 g/mol. The zero-order valence-corrected chi connectivity index (χ0v) is 12.4. The van der Waals surface area contributed by atoms with E-state index in [2.05, 4.69) is 6.92 Å². The Balaban J connectivity index is 2.34. The van der Waals surface area contributed by atoms with Crippen molar-refractivity contribution in [1.29, 1.82) is 0 Å². The molecule has 1 amide bonds. The second-order valence-corrected chi connectivity index (χ2v) is 5.12. The lowest BCUT2D eigenvalue weighted by Gasteiger charge is -2.22. The Bertz CT molecular complexity index is 625. The Morgan fingerprint density at radius 2 is 1.95 bits per heavy atom. The van der Waals surface area contributed by atoms with Crippen molar-refractivity contribution in [1.82, 2.24) is 4.90 Å². The maximum absolute atomic E-state index is 12.6. The predicted octanol–water partition coefficient (Wildman–Crippen LogP) is 2.75. The minimum absolute atomic E-state index is 0.0524. The van der Waals surface area contributed by atoms with Gasteiger partial charge in [0.2, 0.25) is 0 Å². The highest BCUT2D eigenvalue weighted by Gasteiger charge is 2.19. The summed E-state index contributed by atoms with van der Waals surface area (Å²) in [6.07, 6.45) is 1.94. The summed E-state index contributed by atoms with van der Waals surface area (Å²) in [7, 11) is 0. The third-order valence-electron chi connectivity index (χ3n) is 3.60. The Labute approximate surface area is 125 Å². The van der Waals surface area contributed by atoms with Crippen LogP contribution < -0.4 is 5.73 Å². The molecule has 0 fully saturated rings. The summed E-state index contributed by atoms with van der Waals surface area (Å²) >= 11 is 0. The molecule has 4 heteroatoms. The lowest BCUT2D eigenvalue weighted by molar-refractivity contribution is 0.0755. The van der Waals surface area contributed by atoms with Crippen molar-refractivity contribution in [3.63, 3.8) is 0 Å². The normalized spacial score (nSPS) is 10.8. The van der Waals surface area contributed by atoms with Crippen LogP contribution in [0.15, 0.2) is 36.4 Å². The molecular formula is C17H22N2O2. The number of carbonyl (C=O) groups is 1. The van der Waals surface area contributed by atoms with Crippen LogP contribution in [0.25, 0.3) is 10.8 Å². The van der Waals surface area contributed by atoms with E-state index >= 15 is 0 Å². The fraction of sp³-hybridized carbons (Fsp3) is 0.353. The molecule has 0 radical (unpaired) electrons. The molecule has 0 unspecified atom stereocenters. The molecule has 0 aromatic heterocycles. The molecule has 2 aromatic rings. The van der Waals surface area contributed by atoms with Gasteiger partial charge in [-0.3, -0.25) is 4.79 Å². The van der Waals surface area contributed by atoms with Crippen molar-refractivity contribution in [3.8, 4) is 5.75 Å². The number of phenols is 1. The molecule has 0 saturated heterocycles. The Morgan fingerprint density at radius 1 is 1.19 bits per heavy atom. The number of aromatic hydroxyl groups is 1. The standard InChI is InChI=1S/C17H22N2O2/c1-2-3-11-19(12-10-18)17(21)15-9-8-13-6-4-5-7-14(13)16(15)20/h4-9,20H,2-3,10-12,18H2,1H3. The van der Waals surface area contributed by atoms with E-state index in [1.807, 2.05) is 30.3 Å². The molecule has 0 aliphatic heterocycles. The third-order valence-corrected chi connectivity index (χ3v) is 3.60. The fourth-order valence-corrected chi connectivity index (χ4v) is 2.42. The van der Waals surface area contributed by atoms with Crippen molar-refractivity contribution in [3.05, 3.63) is 42.0 Å². The quantitative estimate of drug-likeness (QED) is 0.858. The van der Waals surface area contributed by atoms with Crippen LogP contribution in [0.5, 0.6) is 5.75 Å². The molecule has 0 heterocycles. The summed E-state index contributed by atoms with van der Waals surface area (Å²) in [6, 6.07) is 11.0. The number of phenolic OH excluding ortho intramolecular Hbond substituents is 1. The van der Waals surface area contributed by atoms with Crippen LogP contribution in [0.1, 0.15) is 30.1 Å². The van der Waals surface area contributed by atoms with Crippen molar-refractivity contribution in [2.75, 3.05) is 19.6 Å². The summed E-state index contributed by atoms with van der Waals surface area (Å²) in [5.41, 5.74) is 5.93. The molecule has 0 bridgehead atoms. The average molecular weight is 286 g/mol. The molecule has 0 atom stereocenters. The zero-order chi connectivity index (χ0) is 15.2. The van der Waals surface area contributed by atoms with Gasteiger partial charge in [-0.1, -0.05) is 43.7 Å². The Morgan fingerprint density at radius 3 is 2.67 bits per heavy atom. The van der Waals surface area contributed by atoms with Gasteiger partial charge in [0.1, 0.15) is 5.75 Å². The minimum atomic E-state index is -0.155. The molecule has 0 spiro atoms. The Kier molecular flexibility index (Phi) is 5.17. The second-order valence-electron chi connectivity index (χ2n) is 5.12. The number of unbranched alkanes of at least 4 members (excludes halogenated alkanes) is 1. The average Bonchev–Trinajstić information content (AvgIpc) is 2.51. The SMILES string of the molecule is CCCCN(CCN)C(=O)c1ccc2ccccc2c1O. The van der Waals surface area contributed by atoms with Gasteiger partial charge in [0, 0.05) is 25.0 Å². The maximum Gasteiger partial charge on any atom is 0.257 e. The van der Waals surface area contributed by atoms with E-state index in [0.29, 0.717) is 30.6 Å². The smallest absolute Gasteiger partial charge is 0.257 e. The van der Waals surface area contributed by atoms with Crippen molar-refractivity contribution in [2.24, 2.45) is 5.73 Å². The van der Waals surface area contributed by atoms with Gasteiger partial charge in [0.05, 0.1) is 5.56 Å². The first-order chi connectivity index (χ1) is 10.2. The van der Waals surface area contributed by atoms with Crippen LogP contribution in [-0.2, 0) is 0 Å². The van der Waals surface area contributed by atoms with Gasteiger partial charge in [0.15, 0.2) is 0 Å². The van der Waals surface area contributed by atoms with Crippen LogP contribution in [-0.4, -0.2) is 35.5 Å². The molecule has 0 saturated carbocycles. The molecule has 3 N–H and O–H groups in total. The van der Waals surface area contributed by atoms with E-state index in [1.165, 1.54) is 0 Å². The molecule has 0 aliphatic carbocycles. The number of nitrogens with two attached hydrogens (primary N) is 1. The highest BCUT2D eigenvalue weighted by Crippen LogP contribution is 2.29. The zero-order valence-electron chi connectivity index (χ0n) is 12.4. The maximum atomic E-state index is 12.6. The predicted molar refractivity (Wildman–Crippen MR) is 85.5 cm³/mol. The largest absolute Gasteiger partial charge is 0.506 e. The third kappa shape index (κ3) is 3.34. The van der Waals surface area contributed by atoms with Crippen LogP contribution in [0.3, 0.4) is 0 Å². The summed E-state index contributed by atoms with van der Waals surface area (Å²) in [5.74, 6) is -0.103. The lowest BCUT2D eigenvalue weighted by atomic mass is 10.0. The Hall–Kier alpha value is -2.07. The molecule has 21 heavy (non-hydrogen) atoms. The fourth-order valence-electron chi connectivity index (χ4n) is 2.42. The van der Waals surface area contributed by atoms with Gasteiger partial charge in [0.25, 0.3) is 5.91 Å². The molecule has 0 aliphatic rings. The van der Waals surface area contributed by atoms with E-state index in [1.54, 1.807) is 11.0 Å². The van der Waals surface area contributed by atoms with Crippen LogP contribution in [0.2, 0.25) is 0 Å². The summed E-state index contributed by atoms with van der Waals surface area (Å²) < 4.78 is 0. The van der Waals surface area contributed by atoms with Gasteiger partial charge < -0.3 is 15.7 Å². The minimum Gasteiger partial charge on any atom is -0.506 e. The first-order valence-electron chi connectivity index (χ1n) is 7.39. The second kappa shape index (κ2) is 7.09. The molecule has 112 valence electrons. The van der Waals surface area contributed by atoms with Crippen molar-refractivity contribution in [2.45, 2.75) is 19.8 Å². The van der Waals surface area contributed by atoms with Gasteiger partial charge in [-0.2, -0.15) is 0 Å². The van der Waals surface area contributed by atoms with Crippen LogP contribution >= 0.6 is 0 Å². The number of nitrogens with zero attached hydrogens (tertiary/aromatic N) is 1. The van der Waals surface area contributed by atoms with Crippen LogP contribution in [0, 0.1) is 0 Å². The molecule has 4 nitrogen and oxygen atoms in total. The number of carbonyl (C=O) groups excluding carboxylic acids is 1. The van der Waals surface area contributed by atoms with E-state index in [0.717, 1.165) is 18.2 Å². The highest BCUT2D eigenvalue weighted by molar-refractivity contribution is 6.03. The highest BCUT2D eigenvalue weighted by atomic mass is 16.3. The van der Waals surface area contributed by atoms with Crippen molar-refractivity contribution >= 4 is 16.7 Å². The molecule has 2 rings (SSSR count). The first-order valence-corrected chi connectivity index (χ1v) is 7.39. The van der Waals surface area contributed by atoms with Gasteiger partial charge in [-0.25, -0.2) is 0 Å². The number of hydrogen-bond acceptors (Lipinski definition) is 3. The number of benzene rings is 2. The summed E-state index contributed by atoms with van der Waals surface area (Å²) in [4.78, 5) is 14.3. The van der Waals surface area contributed by atoms with Gasteiger partial charge >= 0.3 is 0 Å². The van der Waals surface area contributed by atoms with E-state index < -0.39 is 0 Å². The van der Waals surface area contributed by atoms with E-state index in [4.69, 9.17) is 5.73 Å². The topological polar surface area (TPSA) is 66.6 Å². The summed E-state index contributed by atoms with van der Waals surface area (Å²) in [5, 5.41) is 12.0. The van der Waals surface area contributed by atoms with E-state index in [-0.39, 0.29) is 11.7 Å². The van der Waals surface area contributed by atoms with Gasteiger partial charge in [-0.05, 0) is 17.9 Å². The number of amides is 1. The molecule has 2 aromatic carbocycles. The molecular weight excluding hydrogens is 264 g/mol. The van der Waals surface area contributed by atoms with E-state index in [9.17, 15) is 9.90 Å². The van der Waals surface area contributed by atoms with Gasteiger partial charge in [-0.15, -0.1) is 0 Å². The number of rotatable bonds is 6. The summed E-state index contributed by atoms with van der Waals surface area (Å²) in [6.45, 7) is 3.67.